The van der Waals surface area contributed by atoms with E-state index in [4.69, 9.17) is 26.4 Å². The van der Waals surface area contributed by atoms with Crippen LogP contribution in [0.5, 0.6) is 17.2 Å². The molecule has 0 saturated carbocycles. The summed E-state index contributed by atoms with van der Waals surface area (Å²) in [6.07, 6.45) is -0.709. The van der Waals surface area contributed by atoms with Crippen LogP contribution in [0.25, 0.3) is 0 Å². The maximum absolute atomic E-state index is 10.7. The molecule has 0 amide bonds. The SMILES string of the molecule is COc1ccc(CNC(=S)N2Cc3c(OC)ccc(OC)c3[C@@H](O)C2)cc1. The lowest BCUT2D eigenvalue weighted by Crippen LogP contribution is -2.44. The highest BCUT2D eigenvalue weighted by molar-refractivity contribution is 7.80. The lowest BCUT2D eigenvalue weighted by molar-refractivity contribution is 0.122. The van der Waals surface area contributed by atoms with Crippen molar-refractivity contribution in [2.24, 2.45) is 0 Å². The summed E-state index contributed by atoms with van der Waals surface area (Å²) in [5.74, 6) is 2.20. The van der Waals surface area contributed by atoms with Gasteiger partial charge in [0.05, 0.1) is 27.9 Å². The van der Waals surface area contributed by atoms with Gasteiger partial charge in [0.25, 0.3) is 0 Å². The number of aliphatic hydroxyl groups excluding tert-OH is 1. The molecule has 1 heterocycles. The normalized spacial score (nSPS) is 15.7. The zero-order valence-corrected chi connectivity index (χ0v) is 16.5. The fourth-order valence-electron chi connectivity index (χ4n) is 3.26. The van der Waals surface area contributed by atoms with Crippen molar-refractivity contribution in [2.45, 2.75) is 19.2 Å². The number of thiocarbonyl (C=S) groups is 1. The van der Waals surface area contributed by atoms with E-state index in [9.17, 15) is 5.11 Å². The molecule has 2 aromatic carbocycles. The number of β-amino-alcohol motifs (C(OH)–C–C–N with tert-alkyl or cyclic N) is 1. The molecule has 27 heavy (non-hydrogen) atoms. The molecule has 0 unspecified atom stereocenters. The van der Waals surface area contributed by atoms with Gasteiger partial charge in [0, 0.05) is 24.2 Å². The van der Waals surface area contributed by atoms with E-state index in [0.29, 0.717) is 36.2 Å². The molecule has 1 aliphatic rings. The van der Waals surface area contributed by atoms with Gasteiger partial charge in [-0.1, -0.05) is 12.1 Å². The second kappa shape index (κ2) is 8.45. The van der Waals surface area contributed by atoms with Gasteiger partial charge in [0.15, 0.2) is 5.11 Å². The summed E-state index contributed by atoms with van der Waals surface area (Å²) in [7, 11) is 4.86. The van der Waals surface area contributed by atoms with Crippen LogP contribution in [0.3, 0.4) is 0 Å². The highest BCUT2D eigenvalue weighted by Gasteiger charge is 2.30. The quantitative estimate of drug-likeness (QED) is 0.764. The summed E-state index contributed by atoms with van der Waals surface area (Å²) in [5.41, 5.74) is 2.76. The van der Waals surface area contributed by atoms with E-state index in [0.717, 1.165) is 22.4 Å². The third kappa shape index (κ3) is 4.09. The number of fused-ring (bicyclic) bond motifs is 1. The number of methoxy groups -OCH3 is 3. The molecule has 1 atom stereocenters. The maximum atomic E-state index is 10.7. The Balaban J connectivity index is 1.72. The third-order valence-corrected chi connectivity index (χ3v) is 5.08. The minimum absolute atomic E-state index is 0.394. The molecule has 0 spiro atoms. The van der Waals surface area contributed by atoms with E-state index < -0.39 is 6.10 Å². The van der Waals surface area contributed by atoms with Crippen LogP contribution in [0, 0.1) is 0 Å². The summed E-state index contributed by atoms with van der Waals surface area (Å²) in [4.78, 5) is 1.94. The van der Waals surface area contributed by atoms with Crippen molar-refractivity contribution in [1.29, 1.82) is 0 Å². The fraction of sp³-hybridized carbons (Fsp3) is 0.350. The minimum atomic E-state index is -0.709. The molecule has 144 valence electrons. The smallest absolute Gasteiger partial charge is 0.169 e. The Morgan fingerprint density at radius 1 is 1.07 bits per heavy atom. The molecular formula is C20H24N2O4S. The molecule has 2 aromatic rings. The van der Waals surface area contributed by atoms with Crippen molar-refractivity contribution in [1.82, 2.24) is 10.2 Å². The van der Waals surface area contributed by atoms with E-state index >= 15 is 0 Å². The van der Waals surface area contributed by atoms with E-state index in [1.807, 2.05) is 41.3 Å². The summed E-state index contributed by atoms with van der Waals surface area (Å²) in [6.45, 7) is 1.53. The van der Waals surface area contributed by atoms with Crippen molar-refractivity contribution < 1.29 is 19.3 Å². The Bertz CT molecular complexity index is 810. The number of nitrogens with one attached hydrogen (secondary N) is 1. The Morgan fingerprint density at radius 2 is 1.74 bits per heavy atom. The van der Waals surface area contributed by atoms with E-state index in [1.165, 1.54) is 0 Å². The van der Waals surface area contributed by atoms with Crippen molar-refractivity contribution in [3.05, 3.63) is 53.1 Å². The van der Waals surface area contributed by atoms with Crippen molar-refractivity contribution in [3.63, 3.8) is 0 Å². The zero-order valence-electron chi connectivity index (χ0n) is 15.7. The minimum Gasteiger partial charge on any atom is -0.497 e. The van der Waals surface area contributed by atoms with Gasteiger partial charge in [-0.3, -0.25) is 0 Å². The topological polar surface area (TPSA) is 63.2 Å². The molecule has 0 aromatic heterocycles. The number of aliphatic hydroxyl groups is 1. The number of nitrogens with zero attached hydrogens (tertiary/aromatic N) is 1. The van der Waals surface area contributed by atoms with Gasteiger partial charge < -0.3 is 29.5 Å². The van der Waals surface area contributed by atoms with Crippen molar-refractivity contribution in [2.75, 3.05) is 27.9 Å². The maximum Gasteiger partial charge on any atom is 0.169 e. The summed E-state index contributed by atoms with van der Waals surface area (Å²) < 4.78 is 16.1. The van der Waals surface area contributed by atoms with Crippen molar-refractivity contribution >= 4 is 17.3 Å². The Hall–Kier alpha value is -2.51. The average molecular weight is 388 g/mol. The first-order valence-electron chi connectivity index (χ1n) is 8.65. The molecule has 3 rings (SSSR count). The van der Waals surface area contributed by atoms with E-state index in [2.05, 4.69) is 5.32 Å². The van der Waals surface area contributed by atoms with Crippen LogP contribution >= 0.6 is 12.2 Å². The van der Waals surface area contributed by atoms with Crippen LogP contribution in [0.2, 0.25) is 0 Å². The number of ether oxygens (including phenoxy) is 3. The van der Waals surface area contributed by atoms with Gasteiger partial charge >= 0.3 is 0 Å². The zero-order chi connectivity index (χ0) is 19.4. The van der Waals surface area contributed by atoms with Gasteiger partial charge in [-0.15, -0.1) is 0 Å². The average Bonchev–Trinajstić information content (AvgIpc) is 2.71. The first-order valence-corrected chi connectivity index (χ1v) is 9.05. The van der Waals surface area contributed by atoms with Gasteiger partial charge in [0.2, 0.25) is 0 Å². The molecule has 1 aliphatic heterocycles. The standard InChI is InChI=1S/C20H24N2O4S/c1-24-14-6-4-13(5-7-14)10-21-20(27)22-11-15-17(25-2)8-9-18(26-3)19(15)16(23)12-22/h4-9,16,23H,10-12H2,1-3H3,(H,21,27)/t16-/m0/s1. The summed E-state index contributed by atoms with van der Waals surface area (Å²) >= 11 is 5.55. The monoisotopic (exact) mass is 388 g/mol. The van der Waals surface area contributed by atoms with Crippen LogP contribution < -0.4 is 19.5 Å². The van der Waals surface area contributed by atoms with Crippen molar-refractivity contribution in [3.8, 4) is 17.2 Å². The molecule has 0 saturated heterocycles. The lowest BCUT2D eigenvalue weighted by Gasteiger charge is -2.35. The van der Waals surface area contributed by atoms with Gasteiger partial charge in [-0.2, -0.15) is 0 Å². The van der Waals surface area contributed by atoms with Crippen LogP contribution in [0.1, 0.15) is 22.8 Å². The van der Waals surface area contributed by atoms with Gasteiger partial charge in [0.1, 0.15) is 23.4 Å². The summed E-state index contributed by atoms with van der Waals surface area (Å²) in [5, 5.41) is 14.5. The second-order valence-corrected chi connectivity index (χ2v) is 6.65. The molecule has 2 N–H and O–H groups in total. The first kappa shape index (κ1) is 19.3. The van der Waals surface area contributed by atoms with E-state index in [-0.39, 0.29) is 0 Å². The largest absolute Gasteiger partial charge is 0.497 e. The highest BCUT2D eigenvalue weighted by atomic mass is 32.1. The molecule has 6 nitrogen and oxygen atoms in total. The van der Waals surface area contributed by atoms with Crippen LogP contribution in [-0.2, 0) is 13.1 Å². The molecule has 7 heteroatoms. The predicted molar refractivity (Wildman–Crippen MR) is 107 cm³/mol. The van der Waals surface area contributed by atoms with E-state index in [1.54, 1.807) is 21.3 Å². The van der Waals surface area contributed by atoms with Crippen LogP contribution in [-0.4, -0.2) is 43.0 Å². The second-order valence-electron chi connectivity index (χ2n) is 6.27. The number of hydrogen-bond donors (Lipinski definition) is 2. The molecule has 0 radical (unpaired) electrons. The summed E-state index contributed by atoms with van der Waals surface area (Å²) in [6, 6.07) is 11.5. The van der Waals surface area contributed by atoms with Gasteiger partial charge in [-0.25, -0.2) is 0 Å². The Labute approximate surface area is 164 Å². The first-order chi connectivity index (χ1) is 13.1. The van der Waals surface area contributed by atoms with Crippen LogP contribution in [0.15, 0.2) is 36.4 Å². The molecule has 0 bridgehead atoms. The highest BCUT2D eigenvalue weighted by Crippen LogP contribution is 2.39. The van der Waals surface area contributed by atoms with Gasteiger partial charge in [-0.05, 0) is 42.0 Å². The molecule has 0 aliphatic carbocycles. The lowest BCUT2D eigenvalue weighted by atomic mass is 9.95. The number of benzene rings is 2. The van der Waals surface area contributed by atoms with Crippen LogP contribution in [0.4, 0.5) is 0 Å². The Kier molecular flexibility index (Phi) is 6.03. The third-order valence-electron chi connectivity index (χ3n) is 4.68. The fourth-order valence-corrected chi connectivity index (χ4v) is 3.48. The predicted octanol–water partition coefficient (Wildman–Crippen LogP) is 2.64. The number of hydrogen-bond acceptors (Lipinski definition) is 5. The number of rotatable bonds is 5. The molecule has 0 fully saturated rings. The molecular weight excluding hydrogens is 364 g/mol. The Morgan fingerprint density at radius 3 is 2.37 bits per heavy atom.